The van der Waals surface area contributed by atoms with Gasteiger partial charge in [-0.3, -0.25) is 9.89 Å². The molecule has 0 radical (unpaired) electrons. The lowest BCUT2D eigenvalue weighted by Gasteiger charge is -2.15. The van der Waals surface area contributed by atoms with Crippen molar-refractivity contribution in [3.8, 4) is 0 Å². The van der Waals surface area contributed by atoms with Crippen LogP contribution in [-0.2, 0) is 11.2 Å². The number of carbonyl (C=O) groups excluding carboxylic acids is 3. The molecule has 1 aromatic heterocycles. The second kappa shape index (κ2) is 7.48. The summed E-state index contributed by atoms with van der Waals surface area (Å²) in [5.74, 6) is -0.296. The highest BCUT2D eigenvalue weighted by Gasteiger charge is 2.34. The normalized spacial score (nSPS) is 14.0. The highest BCUT2D eigenvalue weighted by Crippen LogP contribution is 2.23. The number of carbonyl (C=O) groups is 3. The van der Waals surface area contributed by atoms with Gasteiger partial charge < -0.3 is 15.5 Å². The van der Waals surface area contributed by atoms with E-state index < -0.39 is 0 Å². The molecule has 0 saturated carbocycles. The second-order valence-electron chi connectivity index (χ2n) is 6.46. The van der Waals surface area contributed by atoms with E-state index in [4.69, 9.17) is 0 Å². The minimum absolute atomic E-state index is 0.0455. The minimum atomic E-state index is -0.382. The topological polar surface area (TPSA) is 110 Å². The molecule has 3 N–H and O–H groups in total. The van der Waals surface area contributed by atoms with E-state index in [-0.39, 0.29) is 24.5 Å². The van der Waals surface area contributed by atoms with Crippen LogP contribution in [-0.4, -0.2) is 53.2 Å². The number of urea groups is 2. The van der Waals surface area contributed by atoms with Gasteiger partial charge in [-0.15, -0.1) is 0 Å². The van der Waals surface area contributed by atoms with E-state index in [0.717, 1.165) is 21.9 Å². The van der Waals surface area contributed by atoms with Crippen molar-refractivity contribution in [3.05, 3.63) is 41.2 Å². The van der Waals surface area contributed by atoms with Gasteiger partial charge in [0.2, 0.25) is 0 Å². The van der Waals surface area contributed by atoms with Gasteiger partial charge in [0.1, 0.15) is 6.54 Å². The quantitative estimate of drug-likeness (QED) is 0.697. The Morgan fingerprint density at radius 3 is 2.70 bits per heavy atom. The zero-order chi connectivity index (χ0) is 19.6. The standard InChI is InChI=1S/C18H22N6O3/c1-11-15(12(2)22-21-11)7-8-19-17(26)20-13-5-4-6-14(9-13)24-16(25)10-23(3)18(24)27/h4-6,9H,7-8,10H2,1-3H3,(H,21,22)(H2,19,20,26). The fourth-order valence-electron chi connectivity index (χ4n) is 3.01. The Morgan fingerprint density at radius 1 is 1.30 bits per heavy atom. The summed E-state index contributed by atoms with van der Waals surface area (Å²) in [5.41, 5.74) is 3.93. The van der Waals surface area contributed by atoms with Crippen molar-refractivity contribution in [2.75, 3.05) is 30.4 Å². The van der Waals surface area contributed by atoms with Crippen LogP contribution in [0.3, 0.4) is 0 Å². The van der Waals surface area contributed by atoms with E-state index in [1.54, 1.807) is 31.3 Å². The van der Waals surface area contributed by atoms with Gasteiger partial charge in [-0.05, 0) is 44.0 Å². The first kappa shape index (κ1) is 18.4. The second-order valence-corrected chi connectivity index (χ2v) is 6.46. The van der Waals surface area contributed by atoms with E-state index in [2.05, 4.69) is 20.8 Å². The highest BCUT2D eigenvalue weighted by atomic mass is 16.2. The Hall–Kier alpha value is -3.36. The van der Waals surface area contributed by atoms with Crippen molar-refractivity contribution in [1.29, 1.82) is 0 Å². The van der Waals surface area contributed by atoms with Crippen LogP contribution >= 0.6 is 0 Å². The summed E-state index contributed by atoms with van der Waals surface area (Å²) >= 11 is 0. The maximum Gasteiger partial charge on any atom is 0.331 e. The van der Waals surface area contributed by atoms with Gasteiger partial charge in [-0.2, -0.15) is 5.10 Å². The first-order valence-corrected chi connectivity index (χ1v) is 8.60. The smallest absolute Gasteiger partial charge is 0.331 e. The molecule has 3 rings (SSSR count). The molecule has 0 spiro atoms. The van der Waals surface area contributed by atoms with Gasteiger partial charge in [-0.25, -0.2) is 14.5 Å². The van der Waals surface area contributed by atoms with Crippen LogP contribution in [0.2, 0.25) is 0 Å². The highest BCUT2D eigenvalue weighted by molar-refractivity contribution is 6.19. The largest absolute Gasteiger partial charge is 0.338 e. The van der Waals surface area contributed by atoms with E-state index in [1.165, 1.54) is 4.90 Å². The average molecular weight is 370 g/mol. The van der Waals surface area contributed by atoms with Gasteiger partial charge in [-0.1, -0.05) is 6.07 Å². The van der Waals surface area contributed by atoms with E-state index in [0.29, 0.717) is 24.3 Å². The number of aryl methyl sites for hydroxylation is 2. The van der Waals surface area contributed by atoms with Crippen LogP contribution in [0.1, 0.15) is 17.0 Å². The molecule has 0 aliphatic carbocycles. The summed E-state index contributed by atoms with van der Waals surface area (Å²) in [6.45, 7) is 4.37. The number of aromatic amines is 1. The third-order valence-corrected chi connectivity index (χ3v) is 4.44. The third kappa shape index (κ3) is 3.91. The molecular weight excluding hydrogens is 348 g/mol. The number of nitrogens with one attached hydrogen (secondary N) is 3. The molecule has 142 valence electrons. The molecule has 1 saturated heterocycles. The molecule has 5 amide bonds. The third-order valence-electron chi connectivity index (χ3n) is 4.44. The molecule has 2 aromatic rings. The lowest BCUT2D eigenvalue weighted by atomic mass is 10.1. The van der Waals surface area contributed by atoms with Crippen molar-refractivity contribution in [2.45, 2.75) is 20.3 Å². The van der Waals surface area contributed by atoms with Crippen molar-refractivity contribution in [3.63, 3.8) is 0 Å². The molecule has 0 unspecified atom stereocenters. The van der Waals surface area contributed by atoms with E-state index >= 15 is 0 Å². The van der Waals surface area contributed by atoms with Gasteiger partial charge in [0.15, 0.2) is 0 Å². The molecule has 1 aliphatic heterocycles. The number of imide groups is 1. The SMILES string of the molecule is Cc1n[nH]c(C)c1CCNC(=O)Nc1cccc(N2C(=O)CN(C)C2=O)c1. The maximum atomic E-state index is 12.1. The molecule has 9 heteroatoms. The van der Waals surface area contributed by atoms with Crippen molar-refractivity contribution < 1.29 is 14.4 Å². The number of amides is 5. The number of anilines is 2. The zero-order valence-corrected chi connectivity index (χ0v) is 15.5. The number of hydrogen-bond donors (Lipinski definition) is 3. The average Bonchev–Trinajstić information content (AvgIpc) is 3.07. The molecule has 1 aromatic carbocycles. The zero-order valence-electron chi connectivity index (χ0n) is 15.5. The van der Waals surface area contributed by atoms with Crippen molar-refractivity contribution in [2.24, 2.45) is 0 Å². The Kier molecular flexibility index (Phi) is 5.11. The summed E-state index contributed by atoms with van der Waals surface area (Å²) in [6, 6.07) is 5.89. The van der Waals surface area contributed by atoms with Crippen LogP contribution in [0.5, 0.6) is 0 Å². The van der Waals surface area contributed by atoms with Gasteiger partial charge >= 0.3 is 12.1 Å². The van der Waals surface area contributed by atoms with Crippen LogP contribution in [0.25, 0.3) is 0 Å². The first-order valence-electron chi connectivity index (χ1n) is 8.60. The molecule has 0 atom stereocenters. The number of likely N-dealkylation sites (N-methyl/N-ethyl adjacent to an activating group) is 1. The van der Waals surface area contributed by atoms with Crippen LogP contribution in [0.4, 0.5) is 21.0 Å². The van der Waals surface area contributed by atoms with E-state index in [9.17, 15) is 14.4 Å². The van der Waals surface area contributed by atoms with Crippen molar-refractivity contribution >= 4 is 29.3 Å². The fraction of sp³-hybridized carbons (Fsp3) is 0.333. The molecular formula is C18H22N6O3. The lowest BCUT2D eigenvalue weighted by molar-refractivity contribution is -0.116. The monoisotopic (exact) mass is 370 g/mol. The molecule has 1 aliphatic rings. The molecule has 0 bridgehead atoms. The Morgan fingerprint density at radius 2 is 2.07 bits per heavy atom. The summed E-state index contributed by atoms with van der Waals surface area (Å²) < 4.78 is 0. The Bertz CT molecular complexity index is 871. The fourth-order valence-corrected chi connectivity index (χ4v) is 3.01. The number of benzene rings is 1. The Labute approximate surface area is 156 Å². The number of nitrogens with zero attached hydrogens (tertiary/aromatic N) is 3. The maximum absolute atomic E-state index is 12.1. The number of aromatic nitrogens is 2. The minimum Gasteiger partial charge on any atom is -0.338 e. The van der Waals surface area contributed by atoms with Gasteiger partial charge in [0.05, 0.1) is 11.4 Å². The van der Waals surface area contributed by atoms with Crippen LogP contribution in [0.15, 0.2) is 24.3 Å². The predicted octanol–water partition coefficient (Wildman–Crippen LogP) is 1.79. The van der Waals surface area contributed by atoms with Crippen LogP contribution in [0, 0.1) is 13.8 Å². The van der Waals surface area contributed by atoms with Gasteiger partial charge in [0, 0.05) is 25.0 Å². The summed E-state index contributed by atoms with van der Waals surface area (Å²) in [5, 5.41) is 12.6. The Balaban J connectivity index is 1.58. The van der Waals surface area contributed by atoms with Crippen molar-refractivity contribution in [1.82, 2.24) is 20.4 Å². The van der Waals surface area contributed by atoms with E-state index in [1.807, 2.05) is 13.8 Å². The summed E-state index contributed by atoms with van der Waals surface area (Å²) in [4.78, 5) is 38.6. The molecule has 2 heterocycles. The lowest BCUT2D eigenvalue weighted by Crippen LogP contribution is -2.32. The number of rotatable bonds is 5. The number of H-pyrrole nitrogens is 1. The number of hydrogen-bond acceptors (Lipinski definition) is 4. The molecule has 1 fully saturated rings. The first-order chi connectivity index (χ1) is 12.9. The summed E-state index contributed by atoms with van der Waals surface area (Å²) in [7, 11) is 1.57. The molecule has 9 nitrogen and oxygen atoms in total. The predicted molar refractivity (Wildman–Crippen MR) is 101 cm³/mol. The molecule has 27 heavy (non-hydrogen) atoms. The van der Waals surface area contributed by atoms with Gasteiger partial charge in [0.25, 0.3) is 5.91 Å². The van der Waals surface area contributed by atoms with Crippen LogP contribution < -0.4 is 15.5 Å². The summed E-state index contributed by atoms with van der Waals surface area (Å²) in [6.07, 6.45) is 0.671.